The van der Waals surface area contributed by atoms with E-state index in [0.29, 0.717) is 17.7 Å². The van der Waals surface area contributed by atoms with Crippen LogP contribution in [0.25, 0.3) is 11.0 Å². The lowest BCUT2D eigenvalue weighted by atomic mass is 9.88. The summed E-state index contributed by atoms with van der Waals surface area (Å²) in [7, 11) is 1.73. The third-order valence-electron chi connectivity index (χ3n) is 4.09. The fraction of sp³-hybridized carbons (Fsp3) is 0.467. The van der Waals surface area contributed by atoms with Gasteiger partial charge in [0.15, 0.2) is 0 Å². The number of imidazole rings is 1. The molecule has 1 heterocycles. The molecule has 1 aromatic heterocycles. The van der Waals surface area contributed by atoms with Gasteiger partial charge < -0.3 is 14.4 Å². The molecule has 5 heteroatoms. The lowest BCUT2D eigenvalue weighted by molar-refractivity contribution is 0.00662. The zero-order valence-electron chi connectivity index (χ0n) is 11.7. The predicted octanol–water partition coefficient (Wildman–Crippen LogP) is 2.65. The lowest BCUT2D eigenvalue weighted by Crippen LogP contribution is -2.33. The first-order valence-electron chi connectivity index (χ1n) is 6.91. The molecule has 0 radical (unpaired) electrons. The normalized spacial score (nSPS) is 21.9. The van der Waals surface area contributed by atoms with Crippen LogP contribution in [-0.4, -0.2) is 33.8 Å². The van der Waals surface area contributed by atoms with Crippen LogP contribution in [0.4, 0.5) is 0 Å². The number of fused-ring (bicyclic) bond motifs is 1. The quantitative estimate of drug-likeness (QED) is 0.931. The van der Waals surface area contributed by atoms with Crippen LogP contribution in [0, 0.1) is 0 Å². The van der Waals surface area contributed by atoms with E-state index in [4.69, 9.17) is 9.84 Å². The average molecular weight is 274 g/mol. The highest BCUT2D eigenvalue weighted by Crippen LogP contribution is 2.37. The number of aromatic carboxylic acids is 1. The molecule has 0 unspecified atom stereocenters. The number of carbonyl (C=O) groups is 1. The van der Waals surface area contributed by atoms with Crippen LogP contribution < -0.4 is 0 Å². The van der Waals surface area contributed by atoms with E-state index in [1.807, 2.05) is 0 Å². The zero-order chi connectivity index (χ0) is 14.3. The molecule has 1 N–H and O–H groups in total. The molecule has 0 spiro atoms. The first-order chi connectivity index (χ1) is 9.63. The molecular formula is C15H18N2O3. The Morgan fingerprint density at radius 2 is 2.25 bits per heavy atom. The number of hydrogen-bond donors (Lipinski definition) is 1. The Morgan fingerprint density at radius 1 is 1.50 bits per heavy atom. The van der Waals surface area contributed by atoms with Gasteiger partial charge in [-0.15, -0.1) is 0 Å². The Kier molecular flexibility index (Phi) is 3.22. The molecule has 0 atom stereocenters. The Labute approximate surface area is 117 Å². The van der Waals surface area contributed by atoms with Crippen LogP contribution in [0.1, 0.15) is 42.0 Å². The van der Waals surface area contributed by atoms with Gasteiger partial charge in [0.05, 0.1) is 22.7 Å². The van der Waals surface area contributed by atoms with Crippen molar-refractivity contribution in [2.45, 2.75) is 38.3 Å². The van der Waals surface area contributed by atoms with E-state index < -0.39 is 5.97 Å². The summed E-state index contributed by atoms with van der Waals surface area (Å²) in [4.78, 5) is 15.7. The Morgan fingerprint density at radius 3 is 2.85 bits per heavy atom. The minimum Gasteiger partial charge on any atom is -0.478 e. The molecule has 20 heavy (non-hydrogen) atoms. The third-order valence-corrected chi connectivity index (χ3v) is 4.09. The summed E-state index contributed by atoms with van der Waals surface area (Å²) in [5.74, 6) is 0.114. The Bertz CT molecular complexity index is 656. The molecule has 1 aliphatic rings. The number of aromatic nitrogens is 2. The second kappa shape index (κ2) is 4.90. The predicted molar refractivity (Wildman–Crippen MR) is 75.1 cm³/mol. The van der Waals surface area contributed by atoms with Gasteiger partial charge in [0, 0.05) is 19.6 Å². The van der Waals surface area contributed by atoms with E-state index in [1.165, 1.54) is 0 Å². The molecule has 1 saturated carbocycles. The number of carboxylic acids is 1. The van der Waals surface area contributed by atoms with Crippen LogP contribution >= 0.6 is 0 Å². The summed E-state index contributed by atoms with van der Waals surface area (Å²) in [6.07, 6.45) is 3.08. The number of methoxy groups -OCH3 is 1. The summed E-state index contributed by atoms with van der Waals surface area (Å²) in [5.41, 5.74) is 2.10. The van der Waals surface area contributed by atoms with Crippen molar-refractivity contribution in [2.24, 2.45) is 0 Å². The lowest BCUT2D eigenvalue weighted by Gasteiger charge is -2.36. The van der Waals surface area contributed by atoms with Crippen molar-refractivity contribution in [3.8, 4) is 0 Å². The van der Waals surface area contributed by atoms with Gasteiger partial charge in [-0.25, -0.2) is 9.78 Å². The van der Waals surface area contributed by atoms with Crippen LogP contribution in [0.15, 0.2) is 18.2 Å². The summed E-state index contributed by atoms with van der Waals surface area (Å²) in [6, 6.07) is 5.49. The van der Waals surface area contributed by atoms with Gasteiger partial charge >= 0.3 is 5.97 Å². The molecule has 0 aliphatic heterocycles. The topological polar surface area (TPSA) is 64.3 Å². The minimum absolute atomic E-state index is 0.309. The van der Waals surface area contributed by atoms with Gasteiger partial charge in [0.25, 0.3) is 0 Å². The number of nitrogens with zero attached hydrogens (tertiary/aromatic N) is 2. The second-order valence-electron chi connectivity index (χ2n) is 5.24. The van der Waals surface area contributed by atoms with E-state index in [1.54, 1.807) is 25.3 Å². The maximum absolute atomic E-state index is 11.1. The minimum atomic E-state index is -0.902. The first kappa shape index (κ1) is 13.1. The zero-order valence-corrected chi connectivity index (χ0v) is 11.7. The number of ether oxygens (including phenoxy) is 1. The van der Waals surface area contributed by atoms with Gasteiger partial charge in [-0.1, -0.05) is 6.92 Å². The molecule has 0 amide bonds. The molecule has 0 saturated heterocycles. The van der Waals surface area contributed by atoms with Gasteiger partial charge in [0.2, 0.25) is 0 Å². The summed E-state index contributed by atoms with van der Waals surface area (Å²) in [6.45, 7) is 2.07. The standard InChI is InChI=1S/C15H18N2O3/c1-3-14-16-12-5-4-9(15(18)19)6-13(12)17(14)10-7-11(8-10)20-2/h4-6,10-11H,3,7-8H2,1-2H3,(H,18,19). The number of benzene rings is 1. The molecule has 0 bridgehead atoms. The van der Waals surface area contributed by atoms with Gasteiger partial charge in [0.1, 0.15) is 5.82 Å². The van der Waals surface area contributed by atoms with Crippen LogP contribution in [0.3, 0.4) is 0 Å². The van der Waals surface area contributed by atoms with E-state index in [2.05, 4.69) is 16.5 Å². The SMILES string of the molecule is CCc1nc2ccc(C(=O)O)cc2n1C1CC(OC)C1. The molecule has 2 aromatic rings. The molecule has 1 aliphatic carbocycles. The van der Waals surface area contributed by atoms with Crippen LogP contribution in [0.5, 0.6) is 0 Å². The molecule has 1 fully saturated rings. The molecular weight excluding hydrogens is 256 g/mol. The number of hydrogen-bond acceptors (Lipinski definition) is 3. The van der Waals surface area contributed by atoms with Crippen LogP contribution in [-0.2, 0) is 11.2 Å². The van der Waals surface area contributed by atoms with Crippen LogP contribution in [0.2, 0.25) is 0 Å². The maximum atomic E-state index is 11.1. The van der Waals surface area contributed by atoms with E-state index >= 15 is 0 Å². The van der Waals surface area contributed by atoms with E-state index in [0.717, 1.165) is 36.1 Å². The number of rotatable bonds is 4. The van der Waals surface area contributed by atoms with Crippen molar-refractivity contribution in [1.82, 2.24) is 9.55 Å². The fourth-order valence-corrected chi connectivity index (χ4v) is 2.87. The monoisotopic (exact) mass is 274 g/mol. The van der Waals surface area contributed by atoms with Gasteiger partial charge in [-0.2, -0.15) is 0 Å². The van der Waals surface area contributed by atoms with Crippen molar-refractivity contribution in [1.29, 1.82) is 0 Å². The molecule has 1 aromatic carbocycles. The molecule has 106 valence electrons. The van der Waals surface area contributed by atoms with Crippen molar-refractivity contribution >= 4 is 17.0 Å². The average Bonchev–Trinajstić information content (AvgIpc) is 2.75. The Hall–Kier alpha value is -1.88. The summed E-state index contributed by atoms with van der Waals surface area (Å²) in [5, 5.41) is 9.14. The van der Waals surface area contributed by atoms with Crippen molar-refractivity contribution in [2.75, 3.05) is 7.11 Å². The largest absolute Gasteiger partial charge is 0.478 e. The molecule has 5 nitrogen and oxygen atoms in total. The molecule has 3 rings (SSSR count). The third kappa shape index (κ3) is 1.98. The first-order valence-corrected chi connectivity index (χ1v) is 6.91. The van der Waals surface area contributed by atoms with Crippen molar-refractivity contribution in [3.05, 3.63) is 29.6 Å². The summed E-state index contributed by atoms with van der Waals surface area (Å²) < 4.78 is 7.53. The van der Waals surface area contributed by atoms with E-state index in [9.17, 15) is 4.79 Å². The fourth-order valence-electron chi connectivity index (χ4n) is 2.87. The van der Waals surface area contributed by atoms with Crippen molar-refractivity contribution in [3.63, 3.8) is 0 Å². The number of carboxylic acid groups (broad SMARTS) is 1. The Balaban J connectivity index is 2.07. The smallest absolute Gasteiger partial charge is 0.335 e. The van der Waals surface area contributed by atoms with E-state index in [-0.39, 0.29) is 0 Å². The second-order valence-corrected chi connectivity index (χ2v) is 5.24. The summed E-state index contributed by atoms with van der Waals surface area (Å²) >= 11 is 0. The van der Waals surface area contributed by atoms with Crippen molar-refractivity contribution < 1.29 is 14.6 Å². The highest BCUT2D eigenvalue weighted by Gasteiger charge is 2.32. The highest BCUT2D eigenvalue weighted by molar-refractivity contribution is 5.92. The van der Waals surface area contributed by atoms with Gasteiger partial charge in [-0.3, -0.25) is 0 Å². The number of aryl methyl sites for hydroxylation is 1. The van der Waals surface area contributed by atoms with Gasteiger partial charge in [-0.05, 0) is 31.0 Å². The maximum Gasteiger partial charge on any atom is 0.335 e. The highest BCUT2D eigenvalue weighted by atomic mass is 16.5.